The smallest absolute Gasteiger partial charge is 0.0695 e. The zero-order chi connectivity index (χ0) is 12.3. The van der Waals surface area contributed by atoms with Crippen LogP contribution in [0.2, 0.25) is 0 Å². The highest BCUT2D eigenvalue weighted by molar-refractivity contribution is 4.88. The summed E-state index contributed by atoms with van der Waals surface area (Å²) in [5.74, 6) is 0. The molecule has 0 aromatic heterocycles. The van der Waals surface area contributed by atoms with Gasteiger partial charge in [0, 0.05) is 31.7 Å². The Morgan fingerprint density at radius 1 is 1.12 bits per heavy atom. The van der Waals surface area contributed by atoms with Crippen molar-refractivity contribution in [3.05, 3.63) is 0 Å². The average molecular weight is 240 g/mol. The van der Waals surface area contributed by atoms with E-state index in [1.807, 2.05) is 0 Å². The Kier molecular flexibility index (Phi) is 4.83. The van der Waals surface area contributed by atoms with Gasteiger partial charge in [0.2, 0.25) is 0 Å². The van der Waals surface area contributed by atoms with Crippen molar-refractivity contribution in [2.45, 2.75) is 63.6 Å². The molecule has 0 amide bonds. The topological polar surface area (TPSA) is 26.7 Å². The fourth-order valence-electron chi connectivity index (χ4n) is 3.41. The number of piperazine rings is 1. The van der Waals surface area contributed by atoms with E-state index in [0.29, 0.717) is 12.1 Å². The summed E-state index contributed by atoms with van der Waals surface area (Å²) in [6, 6.07) is 1.11. The molecule has 2 rings (SSSR count). The van der Waals surface area contributed by atoms with E-state index >= 15 is 0 Å². The van der Waals surface area contributed by atoms with Crippen molar-refractivity contribution in [3.63, 3.8) is 0 Å². The molecule has 1 aliphatic heterocycles. The molecule has 0 bridgehead atoms. The van der Waals surface area contributed by atoms with Gasteiger partial charge in [0.25, 0.3) is 0 Å². The van der Waals surface area contributed by atoms with Crippen LogP contribution in [-0.4, -0.2) is 59.8 Å². The van der Waals surface area contributed by atoms with Crippen LogP contribution in [0.3, 0.4) is 0 Å². The SMILES string of the molecule is CCC1CN(C2CCCCCC2O)CCN1C. The van der Waals surface area contributed by atoms with Gasteiger partial charge in [-0.1, -0.05) is 26.2 Å². The van der Waals surface area contributed by atoms with Crippen LogP contribution in [0.15, 0.2) is 0 Å². The van der Waals surface area contributed by atoms with Gasteiger partial charge in [-0.2, -0.15) is 0 Å². The molecule has 100 valence electrons. The van der Waals surface area contributed by atoms with Gasteiger partial charge in [0.15, 0.2) is 0 Å². The van der Waals surface area contributed by atoms with Crippen LogP contribution in [0.5, 0.6) is 0 Å². The summed E-state index contributed by atoms with van der Waals surface area (Å²) in [6.07, 6.45) is 7.15. The molecule has 0 spiro atoms. The largest absolute Gasteiger partial charge is 0.391 e. The third kappa shape index (κ3) is 3.21. The third-order valence-electron chi connectivity index (χ3n) is 4.69. The number of likely N-dealkylation sites (N-methyl/N-ethyl adjacent to an activating group) is 1. The van der Waals surface area contributed by atoms with Gasteiger partial charge in [0.1, 0.15) is 0 Å². The maximum atomic E-state index is 10.3. The minimum atomic E-state index is -0.0848. The minimum Gasteiger partial charge on any atom is -0.391 e. The molecule has 3 heteroatoms. The van der Waals surface area contributed by atoms with Crippen molar-refractivity contribution in [3.8, 4) is 0 Å². The number of rotatable bonds is 2. The molecule has 3 nitrogen and oxygen atoms in total. The molecule has 17 heavy (non-hydrogen) atoms. The van der Waals surface area contributed by atoms with Gasteiger partial charge in [-0.25, -0.2) is 0 Å². The number of aliphatic hydroxyl groups excluding tert-OH is 1. The highest BCUT2D eigenvalue weighted by atomic mass is 16.3. The Hall–Kier alpha value is -0.120. The van der Waals surface area contributed by atoms with Gasteiger partial charge in [-0.05, 0) is 26.3 Å². The van der Waals surface area contributed by atoms with Crippen molar-refractivity contribution in [1.29, 1.82) is 0 Å². The Labute approximate surface area is 106 Å². The summed E-state index contributed by atoms with van der Waals surface area (Å²) >= 11 is 0. The quantitative estimate of drug-likeness (QED) is 0.744. The summed E-state index contributed by atoms with van der Waals surface area (Å²) in [5, 5.41) is 10.3. The summed E-state index contributed by atoms with van der Waals surface area (Å²) in [5.41, 5.74) is 0. The van der Waals surface area contributed by atoms with E-state index in [1.54, 1.807) is 0 Å². The van der Waals surface area contributed by atoms with Crippen LogP contribution in [0.4, 0.5) is 0 Å². The van der Waals surface area contributed by atoms with Crippen molar-refractivity contribution in [1.82, 2.24) is 9.80 Å². The molecular formula is C14H28N2O. The van der Waals surface area contributed by atoms with Crippen LogP contribution >= 0.6 is 0 Å². The molecule has 1 saturated heterocycles. The second-order valence-corrected chi connectivity index (χ2v) is 5.81. The lowest BCUT2D eigenvalue weighted by atomic mass is 10.0. The molecule has 1 heterocycles. The lowest BCUT2D eigenvalue weighted by molar-refractivity contribution is -0.000434. The van der Waals surface area contributed by atoms with E-state index in [4.69, 9.17) is 0 Å². The minimum absolute atomic E-state index is 0.0848. The van der Waals surface area contributed by atoms with E-state index in [0.717, 1.165) is 26.1 Å². The average Bonchev–Trinajstić information content (AvgIpc) is 2.55. The van der Waals surface area contributed by atoms with Crippen LogP contribution in [0.25, 0.3) is 0 Å². The van der Waals surface area contributed by atoms with E-state index < -0.39 is 0 Å². The first-order valence-electron chi connectivity index (χ1n) is 7.34. The maximum absolute atomic E-state index is 10.3. The Bertz CT molecular complexity index is 234. The fourth-order valence-corrected chi connectivity index (χ4v) is 3.41. The van der Waals surface area contributed by atoms with Crippen molar-refractivity contribution in [2.75, 3.05) is 26.7 Å². The first-order valence-corrected chi connectivity index (χ1v) is 7.34. The van der Waals surface area contributed by atoms with Gasteiger partial charge >= 0.3 is 0 Å². The standard InChI is InChI=1S/C14H28N2O/c1-3-12-11-16(10-9-15(12)2)13-7-5-4-6-8-14(13)17/h12-14,17H,3-11H2,1-2H3. The normalized spacial score (nSPS) is 37.9. The lowest BCUT2D eigenvalue weighted by Crippen LogP contribution is -2.56. The first-order chi connectivity index (χ1) is 8.22. The summed E-state index contributed by atoms with van der Waals surface area (Å²) < 4.78 is 0. The van der Waals surface area contributed by atoms with Gasteiger partial charge < -0.3 is 10.0 Å². The molecule has 3 unspecified atom stereocenters. The highest BCUT2D eigenvalue weighted by Crippen LogP contribution is 2.24. The van der Waals surface area contributed by atoms with Crippen molar-refractivity contribution in [2.24, 2.45) is 0 Å². The predicted molar refractivity (Wildman–Crippen MR) is 71.2 cm³/mol. The summed E-state index contributed by atoms with van der Waals surface area (Å²) in [4.78, 5) is 5.03. The fraction of sp³-hybridized carbons (Fsp3) is 1.00. The van der Waals surface area contributed by atoms with E-state index in [-0.39, 0.29) is 6.10 Å². The van der Waals surface area contributed by atoms with Crippen LogP contribution < -0.4 is 0 Å². The Morgan fingerprint density at radius 2 is 1.88 bits per heavy atom. The van der Waals surface area contributed by atoms with Crippen molar-refractivity contribution < 1.29 is 5.11 Å². The van der Waals surface area contributed by atoms with Crippen LogP contribution in [0.1, 0.15) is 45.4 Å². The molecule has 1 N–H and O–H groups in total. The van der Waals surface area contributed by atoms with Crippen LogP contribution in [-0.2, 0) is 0 Å². The molecule has 2 aliphatic rings. The molecule has 1 aliphatic carbocycles. The number of hydrogen-bond donors (Lipinski definition) is 1. The monoisotopic (exact) mass is 240 g/mol. The molecule has 2 fully saturated rings. The maximum Gasteiger partial charge on any atom is 0.0695 e. The first kappa shape index (κ1) is 13.3. The van der Waals surface area contributed by atoms with Gasteiger partial charge in [-0.3, -0.25) is 4.90 Å². The molecule has 0 aromatic carbocycles. The van der Waals surface area contributed by atoms with Gasteiger partial charge in [0.05, 0.1) is 6.10 Å². The highest BCUT2D eigenvalue weighted by Gasteiger charge is 2.32. The predicted octanol–water partition coefficient (Wildman–Crippen LogP) is 1.71. The Balaban J connectivity index is 1.96. The van der Waals surface area contributed by atoms with E-state index in [2.05, 4.69) is 23.8 Å². The van der Waals surface area contributed by atoms with E-state index in [9.17, 15) is 5.11 Å². The summed E-state index contributed by atoms with van der Waals surface area (Å²) in [7, 11) is 2.23. The summed E-state index contributed by atoms with van der Waals surface area (Å²) in [6.45, 7) is 5.71. The second-order valence-electron chi connectivity index (χ2n) is 5.81. The Morgan fingerprint density at radius 3 is 2.65 bits per heavy atom. The molecular weight excluding hydrogens is 212 g/mol. The molecule has 0 aromatic rings. The zero-order valence-electron chi connectivity index (χ0n) is 11.4. The number of hydrogen-bond acceptors (Lipinski definition) is 3. The van der Waals surface area contributed by atoms with Crippen molar-refractivity contribution >= 4 is 0 Å². The van der Waals surface area contributed by atoms with Crippen LogP contribution in [0, 0.1) is 0 Å². The molecule has 1 saturated carbocycles. The zero-order valence-corrected chi connectivity index (χ0v) is 11.4. The molecule has 0 radical (unpaired) electrons. The number of aliphatic hydroxyl groups is 1. The number of nitrogens with zero attached hydrogens (tertiary/aromatic N) is 2. The third-order valence-corrected chi connectivity index (χ3v) is 4.69. The molecule has 3 atom stereocenters. The van der Waals surface area contributed by atoms with E-state index in [1.165, 1.54) is 32.1 Å². The van der Waals surface area contributed by atoms with Gasteiger partial charge in [-0.15, -0.1) is 0 Å². The second kappa shape index (κ2) is 6.17. The lowest BCUT2D eigenvalue weighted by Gasteiger charge is -2.44.